The van der Waals surface area contributed by atoms with Gasteiger partial charge >= 0.3 is 0 Å². The summed E-state index contributed by atoms with van der Waals surface area (Å²) in [4.78, 5) is 11.3. The zero-order valence-corrected chi connectivity index (χ0v) is 15.5. The first-order chi connectivity index (χ1) is 11.6. The van der Waals surface area contributed by atoms with E-state index < -0.39 is 0 Å². The van der Waals surface area contributed by atoms with Gasteiger partial charge in [0.15, 0.2) is 5.82 Å². The maximum Gasteiger partial charge on any atom is 0.155 e. The first-order valence-corrected chi connectivity index (χ1v) is 8.95. The summed E-state index contributed by atoms with van der Waals surface area (Å²) in [6.45, 7) is 8.23. The number of nitrogens with zero attached hydrogens (tertiary/aromatic N) is 6. The monoisotopic (exact) mass is 386 g/mol. The van der Waals surface area contributed by atoms with E-state index in [1.807, 2.05) is 12.1 Å². The van der Waals surface area contributed by atoms with Crippen molar-refractivity contribution in [2.45, 2.75) is 39.3 Å². The molecule has 2 aromatic heterocycles. The predicted octanol–water partition coefficient (Wildman–Crippen LogP) is 3.69. The van der Waals surface area contributed by atoms with E-state index in [1.54, 1.807) is 6.33 Å². The molecule has 0 saturated carbocycles. The van der Waals surface area contributed by atoms with Crippen molar-refractivity contribution < 1.29 is 0 Å². The van der Waals surface area contributed by atoms with Crippen LogP contribution in [0.25, 0.3) is 10.9 Å². The third kappa shape index (κ3) is 2.38. The van der Waals surface area contributed by atoms with Gasteiger partial charge in [-0.1, -0.05) is 29.8 Å². The zero-order valence-electron chi connectivity index (χ0n) is 13.9. The van der Waals surface area contributed by atoms with Crippen molar-refractivity contribution in [1.82, 2.24) is 24.7 Å². The number of hydrogen-bond acceptors (Lipinski definition) is 5. The summed E-state index contributed by atoms with van der Waals surface area (Å²) >= 11 is 3.55. The molecule has 3 heterocycles. The Morgan fingerprint density at radius 1 is 1.17 bits per heavy atom. The van der Waals surface area contributed by atoms with Crippen LogP contribution in [0.4, 0.5) is 5.82 Å². The molecule has 0 saturated heterocycles. The lowest BCUT2D eigenvalue weighted by atomic mass is 10.1. The molecular weight excluding hydrogens is 368 g/mol. The largest absolute Gasteiger partial charge is 0.344 e. The van der Waals surface area contributed by atoms with Crippen LogP contribution in [0.2, 0.25) is 0 Å². The molecule has 1 aliphatic rings. The molecule has 1 atom stereocenters. The summed E-state index contributed by atoms with van der Waals surface area (Å²) in [7, 11) is 0. The first kappa shape index (κ1) is 15.5. The van der Waals surface area contributed by atoms with Crippen molar-refractivity contribution in [3.8, 4) is 0 Å². The minimum absolute atomic E-state index is 0.121. The second-order valence-corrected chi connectivity index (χ2v) is 7.37. The van der Waals surface area contributed by atoms with Gasteiger partial charge < -0.3 is 9.47 Å². The molecule has 0 bridgehead atoms. The molecule has 1 aliphatic heterocycles. The smallest absolute Gasteiger partial charge is 0.155 e. The average molecular weight is 387 g/mol. The standard InChI is InChI=1S/C17H19BrN6/c1-10(2)15-21-22-16-11(3)23(6-7-24(15)16)17-13-8-12(18)4-5-14(13)19-9-20-17/h4-5,8-11H,6-7H2,1-3H3. The normalized spacial score (nSPS) is 17.5. The maximum atomic E-state index is 4.57. The molecule has 7 heteroatoms. The highest BCUT2D eigenvalue weighted by Crippen LogP contribution is 2.34. The van der Waals surface area contributed by atoms with Gasteiger partial charge in [-0.05, 0) is 25.1 Å². The fourth-order valence-corrected chi connectivity index (χ4v) is 3.73. The lowest BCUT2D eigenvalue weighted by Gasteiger charge is -2.35. The Morgan fingerprint density at radius 2 is 2.00 bits per heavy atom. The average Bonchev–Trinajstić information content (AvgIpc) is 3.00. The van der Waals surface area contributed by atoms with E-state index in [0.29, 0.717) is 5.92 Å². The summed E-state index contributed by atoms with van der Waals surface area (Å²) in [6, 6.07) is 6.22. The SMILES string of the molecule is CC(C)c1nnc2n1CCN(c1ncnc3ccc(Br)cc13)C2C. The highest BCUT2D eigenvalue weighted by atomic mass is 79.9. The lowest BCUT2D eigenvalue weighted by molar-refractivity contribution is 0.478. The molecule has 4 rings (SSSR count). The van der Waals surface area contributed by atoms with Crippen LogP contribution in [0.15, 0.2) is 29.0 Å². The molecule has 0 spiro atoms. The lowest BCUT2D eigenvalue weighted by Crippen LogP contribution is -2.38. The highest BCUT2D eigenvalue weighted by Gasteiger charge is 2.30. The minimum atomic E-state index is 0.121. The molecule has 0 aliphatic carbocycles. The van der Waals surface area contributed by atoms with Crippen molar-refractivity contribution in [2.24, 2.45) is 0 Å². The fourth-order valence-electron chi connectivity index (χ4n) is 3.37. The Labute approximate surface area is 149 Å². The number of aromatic nitrogens is 5. The van der Waals surface area contributed by atoms with Crippen LogP contribution in [0.3, 0.4) is 0 Å². The maximum absolute atomic E-state index is 4.57. The van der Waals surface area contributed by atoms with Crippen molar-refractivity contribution in [3.63, 3.8) is 0 Å². The molecule has 24 heavy (non-hydrogen) atoms. The topological polar surface area (TPSA) is 59.7 Å². The van der Waals surface area contributed by atoms with E-state index in [4.69, 9.17) is 0 Å². The number of hydrogen-bond donors (Lipinski definition) is 0. The molecule has 1 aromatic carbocycles. The Morgan fingerprint density at radius 3 is 2.79 bits per heavy atom. The van der Waals surface area contributed by atoms with E-state index in [0.717, 1.165) is 45.9 Å². The quantitative estimate of drug-likeness (QED) is 0.671. The van der Waals surface area contributed by atoms with Gasteiger partial charge in [-0.15, -0.1) is 10.2 Å². The first-order valence-electron chi connectivity index (χ1n) is 8.16. The summed E-state index contributed by atoms with van der Waals surface area (Å²) in [5.74, 6) is 3.40. The highest BCUT2D eigenvalue weighted by molar-refractivity contribution is 9.10. The molecule has 3 aromatic rings. The fraction of sp³-hybridized carbons (Fsp3) is 0.412. The Bertz CT molecular complexity index is 903. The summed E-state index contributed by atoms with van der Waals surface area (Å²) in [5.41, 5.74) is 0.949. The Hall–Kier alpha value is -2.02. The Kier molecular flexibility index (Phi) is 3.75. The van der Waals surface area contributed by atoms with Crippen molar-refractivity contribution in [2.75, 3.05) is 11.4 Å². The third-order valence-corrected chi connectivity index (χ3v) is 5.07. The summed E-state index contributed by atoms with van der Waals surface area (Å²) in [6.07, 6.45) is 1.64. The van der Waals surface area contributed by atoms with Gasteiger partial charge in [-0.2, -0.15) is 0 Å². The van der Waals surface area contributed by atoms with Crippen LogP contribution in [-0.2, 0) is 6.54 Å². The van der Waals surface area contributed by atoms with Crippen molar-refractivity contribution in [1.29, 1.82) is 0 Å². The number of rotatable bonds is 2. The molecule has 0 radical (unpaired) electrons. The van der Waals surface area contributed by atoms with Gasteiger partial charge in [0.05, 0.1) is 11.6 Å². The Balaban J connectivity index is 1.80. The van der Waals surface area contributed by atoms with E-state index >= 15 is 0 Å². The minimum Gasteiger partial charge on any atom is -0.344 e. The molecule has 6 nitrogen and oxygen atoms in total. The van der Waals surface area contributed by atoms with Crippen LogP contribution in [0.5, 0.6) is 0 Å². The van der Waals surface area contributed by atoms with Crippen molar-refractivity contribution >= 4 is 32.7 Å². The number of fused-ring (bicyclic) bond motifs is 2. The van der Waals surface area contributed by atoms with Gasteiger partial charge in [0.25, 0.3) is 0 Å². The predicted molar refractivity (Wildman–Crippen MR) is 97.1 cm³/mol. The molecule has 0 amide bonds. The van der Waals surface area contributed by atoms with Crippen LogP contribution < -0.4 is 4.90 Å². The van der Waals surface area contributed by atoms with Crippen molar-refractivity contribution in [3.05, 3.63) is 40.6 Å². The molecule has 0 N–H and O–H groups in total. The van der Waals surface area contributed by atoms with E-state index in [2.05, 4.69) is 72.4 Å². The van der Waals surface area contributed by atoms with Crippen LogP contribution in [0, 0.1) is 0 Å². The second kappa shape index (κ2) is 5.81. The number of benzene rings is 1. The summed E-state index contributed by atoms with van der Waals surface area (Å²) in [5, 5.41) is 9.90. The van der Waals surface area contributed by atoms with Gasteiger partial charge in [0, 0.05) is 28.9 Å². The number of anilines is 1. The van der Waals surface area contributed by atoms with Crippen LogP contribution >= 0.6 is 15.9 Å². The second-order valence-electron chi connectivity index (χ2n) is 6.45. The van der Waals surface area contributed by atoms with Gasteiger partial charge in [-0.3, -0.25) is 0 Å². The van der Waals surface area contributed by atoms with Crippen LogP contribution in [-0.4, -0.2) is 31.3 Å². The molecule has 124 valence electrons. The van der Waals surface area contributed by atoms with E-state index in [1.165, 1.54) is 0 Å². The van der Waals surface area contributed by atoms with E-state index in [9.17, 15) is 0 Å². The van der Waals surface area contributed by atoms with Gasteiger partial charge in [0.2, 0.25) is 0 Å². The van der Waals surface area contributed by atoms with E-state index in [-0.39, 0.29) is 6.04 Å². The van der Waals surface area contributed by atoms with Gasteiger partial charge in [0.1, 0.15) is 18.0 Å². The van der Waals surface area contributed by atoms with Gasteiger partial charge in [-0.25, -0.2) is 9.97 Å². The summed E-state index contributed by atoms with van der Waals surface area (Å²) < 4.78 is 3.28. The third-order valence-electron chi connectivity index (χ3n) is 4.58. The van der Waals surface area contributed by atoms with Crippen LogP contribution in [0.1, 0.15) is 44.4 Å². The molecular formula is C17H19BrN6. The molecule has 0 fully saturated rings. The molecule has 1 unspecified atom stereocenters. The zero-order chi connectivity index (χ0) is 16.8. The number of halogens is 1.